The maximum absolute atomic E-state index is 12.8. The van der Waals surface area contributed by atoms with E-state index in [-0.39, 0.29) is 11.3 Å². The molecule has 22 heavy (non-hydrogen) atoms. The summed E-state index contributed by atoms with van der Waals surface area (Å²) in [5, 5.41) is 8.83. The van der Waals surface area contributed by atoms with Crippen molar-refractivity contribution in [3.05, 3.63) is 35.7 Å². The molecule has 0 saturated heterocycles. The van der Waals surface area contributed by atoms with E-state index in [2.05, 4.69) is 4.98 Å². The Kier molecular flexibility index (Phi) is 4.39. The van der Waals surface area contributed by atoms with Gasteiger partial charge in [0.2, 0.25) is 11.7 Å². The summed E-state index contributed by atoms with van der Waals surface area (Å²) in [5.41, 5.74) is -1.41. The fourth-order valence-electron chi connectivity index (χ4n) is 1.75. The molecule has 2 aromatic rings. The first-order valence-corrected chi connectivity index (χ1v) is 6.38. The molecule has 8 heteroatoms. The fraction of sp³-hybridized carbons (Fsp3) is 0.286. The first-order chi connectivity index (χ1) is 10.3. The first kappa shape index (κ1) is 15.9. The lowest BCUT2D eigenvalue weighted by atomic mass is 10.2. The average molecular weight is 315 g/mol. The molecular weight excluding hydrogens is 303 g/mol. The number of aromatic nitrogens is 1. The van der Waals surface area contributed by atoms with E-state index in [0.29, 0.717) is 13.0 Å². The molecule has 0 fully saturated rings. The number of ether oxygens (including phenoxy) is 1. The summed E-state index contributed by atoms with van der Waals surface area (Å²) in [4.78, 5) is 14.2. The highest BCUT2D eigenvalue weighted by Gasteiger charge is 2.41. The van der Waals surface area contributed by atoms with Crippen LogP contribution in [0.15, 0.2) is 28.7 Å². The lowest BCUT2D eigenvalue weighted by Gasteiger charge is -2.07. The van der Waals surface area contributed by atoms with Crippen LogP contribution in [0.5, 0.6) is 5.75 Å². The van der Waals surface area contributed by atoms with Gasteiger partial charge in [0.05, 0.1) is 12.2 Å². The van der Waals surface area contributed by atoms with Gasteiger partial charge in [0.15, 0.2) is 5.69 Å². The van der Waals surface area contributed by atoms with Gasteiger partial charge < -0.3 is 14.3 Å². The lowest BCUT2D eigenvalue weighted by molar-refractivity contribution is -0.141. The summed E-state index contributed by atoms with van der Waals surface area (Å²) in [6, 6.07) is 6.19. The highest BCUT2D eigenvalue weighted by atomic mass is 19.4. The van der Waals surface area contributed by atoms with Crippen LogP contribution in [0.25, 0.3) is 11.5 Å². The van der Waals surface area contributed by atoms with Crippen molar-refractivity contribution in [1.29, 1.82) is 0 Å². The van der Waals surface area contributed by atoms with Gasteiger partial charge in [-0.1, -0.05) is 19.1 Å². The SMILES string of the molecule is CCCOc1ccccc1-c1nc(C(F)(F)F)c(C(=O)O)o1. The Bertz CT molecular complexity index is 679. The Morgan fingerprint density at radius 3 is 2.59 bits per heavy atom. The van der Waals surface area contributed by atoms with E-state index in [0.717, 1.165) is 0 Å². The molecule has 0 aliphatic carbocycles. The summed E-state index contributed by atoms with van der Waals surface area (Å²) >= 11 is 0. The normalized spacial score (nSPS) is 11.5. The monoisotopic (exact) mass is 315 g/mol. The molecule has 5 nitrogen and oxygen atoms in total. The average Bonchev–Trinajstić information content (AvgIpc) is 2.91. The predicted molar refractivity (Wildman–Crippen MR) is 69.7 cm³/mol. The van der Waals surface area contributed by atoms with Gasteiger partial charge in [-0.15, -0.1) is 0 Å². The second-order valence-corrected chi connectivity index (χ2v) is 4.34. The van der Waals surface area contributed by atoms with Gasteiger partial charge in [-0.2, -0.15) is 13.2 Å². The number of aromatic carboxylic acids is 1. The fourth-order valence-corrected chi connectivity index (χ4v) is 1.75. The zero-order valence-electron chi connectivity index (χ0n) is 11.5. The molecular formula is C14H12F3NO4. The van der Waals surface area contributed by atoms with Crippen LogP contribution in [0.2, 0.25) is 0 Å². The van der Waals surface area contributed by atoms with E-state index in [9.17, 15) is 18.0 Å². The molecule has 0 radical (unpaired) electrons. The van der Waals surface area contributed by atoms with Crippen LogP contribution in [0.1, 0.15) is 29.6 Å². The van der Waals surface area contributed by atoms with Gasteiger partial charge in [-0.3, -0.25) is 0 Å². The third-order valence-electron chi connectivity index (χ3n) is 2.67. The summed E-state index contributed by atoms with van der Waals surface area (Å²) < 4.78 is 48.7. The van der Waals surface area contributed by atoms with Gasteiger partial charge in [-0.05, 0) is 18.6 Å². The number of hydrogen-bond acceptors (Lipinski definition) is 4. The molecule has 1 aromatic carbocycles. The number of carboxylic acids is 1. The van der Waals surface area contributed by atoms with Gasteiger partial charge in [0.1, 0.15) is 5.75 Å². The Labute approximate surface area is 123 Å². The third kappa shape index (κ3) is 3.21. The molecule has 0 atom stereocenters. The van der Waals surface area contributed by atoms with Gasteiger partial charge in [0, 0.05) is 0 Å². The highest BCUT2D eigenvalue weighted by Crippen LogP contribution is 2.36. The number of nitrogens with zero attached hydrogens (tertiary/aromatic N) is 1. The van der Waals surface area contributed by atoms with E-state index >= 15 is 0 Å². The molecule has 2 rings (SSSR count). The van der Waals surface area contributed by atoms with Crippen molar-refractivity contribution in [2.45, 2.75) is 19.5 Å². The zero-order valence-corrected chi connectivity index (χ0v) is 11.5. The smallest absolute Gasteiger partial charge is 0.437 e. The summed E-state index contributed by atoms with van der Waals surface area (Å²) in [5.74, 6) is -3.25. The number of carbonyl (C=O) groups is 1. The number of oxazole rings is 1. The first-order valence-electron chi connectivity index (χ1n) is 6.38. The minimum atomic E-state index is -4.92. The molecule has 1 N–H and O–H groups in total. The predicted octanol–water partition coefficient (Wildman–Crippen LogP) is 3.85. The molecule has 0 saturated carbocycles. The Morgan fingerprint density at radius 1 is 1.36 bits per heavy atom. The van der Waals surface area contributed by atoms with E-state index in [1.54, 1.807) is 18.2 Å². The number of carboxylic acid groups (broad SMARTS) is 1. The van der Waals surface area contributed by atoms with E-state index in [4.69, 9.17) is 14.3 Å². The number of benzene rings is 1. The molecule has 1 aromatic heterocycles. The summed E-state index contributed by atoms with van der Waals surface area (Å²) in [6.07, 6.45) is -4.22. The minimum absolute atomic E-state index is 0.161. The minimum Gasteiger partial charge on any atom is -0.493 e. The van der Waals surface area contributed by atoms with Gasteiger partial charge >= 0.3 is 12.1 Å². The topological polar surface area (TPSA) is 72.6 Å². The van der Waals surface area contributed by atoms with Crippen molar-refractivity contribution in [2.75, 3.05) is 6.61 Å². The van der Waals surface area contributed by atoms with Crippen LogP contribution < -0.4 is 4.74 Å². The van der Waals surface area contributed by atoms with E-state index in [1.807, 2.05) is 6.92 Å². The molecule has 118 valence electrons. The molecule has 0 amide bonds. The molecule has 0 spiro atoms. The molecule has 0 aliphatic heterocycles. The second-order valence-electron chi connectivity index (χ2n) is 4.34. The van der Waals surface area contributed by atoms with Crippen LogP contribution >= 0.6 is 0 Å². The zero-order chi connectivity index (χ0) is 16.3. The molecule has 0 aliphatic rings. The van der Waals surface area contributed by atoms with E-state index < -0.39 is 29.5 Å². The second kappa shape index (κ2) is 6.08. The third-order valence-corrected chi connectivity index (χ3v) is 2.67. The number of halogens is 3. The lowest BCUT2D eigenvalue weighted by Crippen LogP contribution is -2.11. The van der Waals surface area contributed by atoms with E-state index in [1.165, 1.54) is 6.07 Å². The van der Waals surface area contributed by atoms with Crippen molar-refractivity contribution >= 4 is 5.97 Å². The number of para-hydroxylation sites is 1. The van der Waals surface area contributed by atoms with Crippen molar-refractivity contribution in [3.8, 4) is 17.2 Å². The number of rotatable bonds is 5. The van der Waals surface area contributed by atoms with Crippen molar-refractivity contribution in [1.82, 2.24) is 4.98 Å². The standard InChI is InChI=1S/C14H12F3NO4/c1-2-7-21-9-6-4-3-5-8(9)12-18-11(14(15,16)17)10(22-12)13(19)20/h3-6H,2,7H2,1H3,(H,19,20). The van der Waals surface area contributed by atoms with Crippen LogP contribution in [0.3, 0.4) is 0 Å². The summed E-state index contributed by atoms with van der Waals surface area (Å²) in [6.45, 7) is 2.23. The van der Waals surface area contributed by atoms with Crippen molar-refractivity contribution < 1.29 is 32.2 Å². The van der Waals surface area contributed by atoms with Gasteiger partial charge in [-0.25, -0.2) is 9.78 Å². The Hall–Kier alpha value is -2.51. The Balaban J connectivity index is 2.52. The van der Waals surface area contributed by atoms with Crippen LogP contribution in [-0.2, 0) is 6.18 Å². The quantitative estimate of drug-likeness (QED) is 0.907. The number of hydrogen-bond donors (Lipinski definition) is 1. The Morgan fingerprint density at radius 2 is 2.05 bits per heavy atom. The largest absolute Gasteiger partial charge is 0.493 e. The highest BCUT2D eigenvalue weighted by molar-refractivity contribution is 5.86. The summed E-state index contributed by atoms with van der Waals surface area (Å²) in [7, 11) is 0. The maximum atomic E-state index is 12.8. The molecule has 1 heterocycles. The van der Waals surface area contributed by atoms with Gasteiger partial charge in [0.25, 0.3) is 0 Å². The maximum Gasteiger partial charge on any atom is 0.437 e. The van der Waals surface area contributed by atoms with Crippen LogP contribution in [0.4, 0.5) is 13.2 Å². The van der Waals surface area contributed by atoms with Crippen molar-refractivity contribution in [3.63, 3.8) is 0 Å². The number of alkyl halides is 3. The van der Waals surface area contributed by atoms with Crippen LogP contribution in [-0.4, -0.2) is 22.7 Å². The molecule has 0 bridgehead atoms. The van der Waals surface area contributed by atoms with Crippen molar-refractivity contribution in [2.24, 2.45) is 0 Å². The molecule has 0 unspecified atom stereocenters. The van der Waals surface area contributed by atoms with Crippen LogP contribution in [0, 0.1) is 0 Å².